The summed E-state index contributed by atoms with van der Waals surface area (Å²) in [6, 6.07) is 6.16. The van der Waals surface area contributed by atoms with E-state index in [1.807, 2.05) is 6.07 Å². The zero-order valence-corrected chi connectivity index (χ0v) is 14.6. The van der Waals surface area contributed by atoms with Crippen molar-refractivity contribution in [1.82, 2.24) is 14.3 Å². The standard InChI is InChI=1S/C16H23BrN4/c1-19(2)16(8-6-9-16)12-20(3)15-13(11-17)21-10-5-4-7-14(21)18-15/h4-5,7,10H,6,8-9,11-12H2,1-3H3. The Bertz CT molecular complexity index is 630. The summed E-state index contributed by atoms with van der Waals surface area (Å²) in [5.41, 5.74) is 2.55. The van der Waals surface area contributed by atoms with Crippen LogP contribution < -0.4 is 4.90 Å². The Hall–Kier alpha value is -1.07. The molecule has 1 fully saturated rings. The Labute approximate surface area is 134 Å². The summed E-state index contributed by atoms with van der Waals surface area (Å²) in [7, 11) is 6.56. The maximum atomic E-state index is 4.83. The monoisotopic (exact) mass is 350 g/mol. The van der Waals surface area contributed by atoms with E-state index < -0.39 is 0 Å². The summed E-state index contributed by atoms with van der Waals surface area (Å²) in [5, 5.41) is 0.812. The Balaban J connectivity index is 1.92. The topological polar surface area (TPSA) is 23.8 Å². The van der Waals surface area contributed by atoms with Crippen molar-refractivity contribution < 1.29 is 0 Å². The fraction of sp³-hybridized carbons (Fsp3) is 0.562. The second-order valence-corrected chi connectivity index (χ2v) is 6.83. The van der Waals surface area contributed by atoms with Crippen LogP contribution in [0.3, 0.4) is 0 Å². The number of imidazole rings is 1. The van der Waals surface area contributed by atoms with Gasteiger partial charge < -0.3 is 14.2 Å². The smallest absolute Gasteiger partial charge is 0.151 e. The second-order valence-electron chi connectivity index (χ2n) is 6.27. The minimum Gasteiger partial charge on any atom is -0.356 e. The predicted molar refractivity (Wildman–Crippen MR) is 91.4 cm³/mol. The van der Waals surface area contributed by atoms with Gasteiger partial charge in [0, 0.05) is 30.7 Å². The number of alkyl halides is 1. The number of hydrogen-bond acceptors (Lipinski definition) is 3. The van der Waals surface area contributed by atoms with Crippen molar-refractivity contribution in [3.63, 3.8) is 0 Å². The molecule has 0 aliphatic heterocycles. The van der Waals surface area contributed by atoms with Crippen molar-refractivity contribution in [1.29, 1.82) is 0 Å². The normalized spacial score (nSPS) is 17.2. The molecular weight excluding hydrogens is 328 g/mol. The Kier molecular flexibility index (Phi) is 3.97. The number of nitrogens with zero attached hydrogens (tertiary/aromatic N) is 4. The summed E-state index contributed by atoms with van der Waals surface area (Å²) in [6.45, 7) is 1.03. The average Bonchev–Trinajstić information content (AvgIpc) is 2.80. The molecule has 0 N–H and O–H groups in total. The highest BCUT2D eigenvalue weighted by Crippen LogP contribution is 2.38. The highest BCUT2D eigenvalue weighted by molar-refractivity contribution is 9.08. The third kappa shape index (κ3) is 2.46. The molecule has 4 nitrogen and oxygen atoms in total. The van der Waals surface area contributed by atoms with E-state index in [0.29, 0.717) is 5.54 Å². The minimum absolute atomic E-state index is 0.314. The summed E-state index contributed by atoms with van der Waals surface area (Å²) in [5.74, 6) is 1.09. The largest absolute Gasteiger partial charge is 0.356 e. The third-order valence-electron chi connectivity index (χ3n) is 4.86. The van der Waals surface area contributed by atoms with Crippen LogP contribution in [-0.4, -0.2) is 47.5 Å². The lowest BCUT2D eigenvalue weighted by atomic mass is 9.75. The average molecular weight is 351 g/mol. The highest BCUT2D eigenvalue weighted by Gasteiger charge is 2.40. The summed E-state index contributed by atoms with van der Waals surface area (Å²) < 4.78 is 2.17. The first-order chi connectivity index (χ1) is 10.1. The van der Waals surface area contributed by atoms with Gasteiger partial charge in [0.1, 0.15) is 5.65 Å². The molecule has 21 heavy (non-hydrogen) atoms. The molecule has 2 aromatic rings. The van der Waals surface area contributed by atoms with Gasteiger partial charge in [0.15, 0.2) is 5.82 Å². The van der Waals surface area contributed by atoms with Crippen LogP contribution in [0.1, 0.15) is 25.0 Å². The van der Waals surface area contributed by atoms with E-state index in [9.17, 15) is 0 Å². The van der Waals surface area contributed by atoms with Gasteiger partial charge in [0.2, 0.25) is 0 Å². The summed E-state index contributed by atoms with van der Waals surface area (Å²) in [4.78, 5) is 9.53. The van der Waals surface area contributed by atoms with Gasteiger partial charge in [0.25, 0.3) is 0 Å². The quantitative estimate of drug-likeness (QED) is 0.774. The molecule has 3 rings (SSSR count). The van der Waals surface area contributed by atoms with E-state index in [2.05, 4.69) is 69.6 Å². The number of halogens is 1. The van der Waals surface area contributed by atoms with Crippen LogP contribution in [0.2, 0.25) is 0 Å². The SMILES string of the molecule is CN(CC1(N(C)C)CCC1)c1nc2ccccn2c1CBr. The number of fused-ring (bicyclic) bond motifs is 1. The molecule has 0 atom stereocenters. The minimum atomic E-state index is 0.314. The van der Waals surface area contributed by atoms with Crippen LogP contribution in [0.25, 0.3) is 5.65 Å². The van der Waals surface area contributed by atoms with Gasteiger partial charge in [-0.1, -0.05) is 22.0 Å². The third-order valence-corrected chi connectivity index (χ3v) is 5.39. The number of aromatic nitrogens is 2. The van der Waals surface area contributed by atoms with Gasteiger partial charge in [-0.25, -0.2) is 4.98 Å². The van der Waals surface area contributed by atoms with Crippen LogP contribution in [0.4, 0.5) is 5.82 Å². The predicted octanol–water partition coefficient (Wildman–Crippen LogP) is 3.15. The molecule has 1 aliphatic rings. The zero-order chi connectivity index (χ0) is 15.0. The Morgan fingerprint density at radius 2 is 2.05 bits per heavy atom. The summed E-state index contributed by atoms with van der Waals surface area (Å²) in [6.07, 6.45) is 5.98. The first-order valence-corrected chi connectivity index (χ1v) is 8.60. The zero-order valence-electron chi connectivity index (χ0n) is 13.0. The van der Waals surface area contributed by atoms with E-state index in [1.165, 1.54) is 25.0 Å². The van der Waals surface area contributed by atoms with Crippen molar-refractivity contribution in [3.8, 4) is 0 Å². The van der Waals surface area contributed by atoms with E-state index in [1.54, 1.807) is 0 Å². The van der Waals surface area contributed by atoms with E-state index in [4.69, 9.17) is 4.98 Å². The lowest BCUT2D eigenvalue weighted by Gasteiger charge is -2.49. The fourth-order valence-electron chi connectivity index (χ4n) is 3.31. The molecule has 5 heteroatoms. The lowest BCUT2D eigenvalue weighted by molar-refractivity contribution is 0.0682. The molecule has 0 bridgehead atoms. The number of hydrogen-bond donors (Lipinski definition) is 0. The number of rotatable bonds is 5. The molecule has 0 aromatic carbocycles. The maximum Gasteiger partial charge on any atom is 0.151 e. The van der Waals surface area contributed by atoms with Crippen LogP contribution in [-0.2, 0) is 5.33 Å². The number of pyridine rings is 1. The van der Waals surface area contributed by atoms with Crippen molar-refractivity contribution in [2.45, 2.75) is 30.1 Å². The van der Waals surface area contributed by atoms with E-state index in [-0.39, 0.29) is 0 Å². The number of likely N-dealkylation sites (N-methyl/N-ethyl adjacent to an activating group) is 2. The van der Waals surface area contributed by atoms with Gasteiger partial charge >= 0.3 is 0 Å². The van der Waals surface area contributed by atoms with Crippen LogP contribution in [0, 0.1) is 0 Å². The highest BCUT2D eigenvalue weighted by atomic mass is 79.9. The van der Waals surface area contributed by atoms with Gasteiger partial charge in [-0.05, 0) is 45.5 Å². The first kappa shape index (κ1) is 14.9. The Morgan fingerprint density at radius 1 is 1.29 bits per heavy atom. The molecule has 2 heterocycles. The van der Waals surface area contributed by atoms with Crippen molar-refractivity contribution in [2.24, 2.45) is 0 Å². The summed E-state index contributed by atoms with van der Waals surface area (Å²) >= 11 is 3.62. The van der Waals surface area contributed by atoms with Crippen molar-refractivity contribution in [2.75, 3.05) is 32.6 Å². The maximum absolute atomic E-state index is 4.83. The molecule has 0 amide bonds. The van der Waals surface area contributed by atoms with Gasteiger partial charge in [0.05, 0.1) is 5.69 Å². The van der Waals surface area contributed by atoms with E-state index >= 15 is 0 Å². The van der Waals surface area contributed by atoms with Crippen molar-refractivity contribution in [3.05, 3.63) is 30.1 Å². The van der Waals surface area contributed by atoms with Crippen LogP contribution in [0.15, 0.2) is 24.4 Å². The Morgan fingerprint density at radius 3 is 2.62 bits per heavy atom. The molecule has 0 saturated heterocycles. The fourth-order valence-corrected chi connectivity index (χ4v) is 3.83. The first-order valence-electron chi connectivity index (χ1n) is 7.48. The van der Waals surface area contributed by atoms with Crippen LogP contribution >= 0.6 is 15.9 Å². The molecular formula is C16H23BrN4. The van der Waals surface area contributed by atoms with Crippen LogP contribution in [0.5, 0.6) is 0 Å². The second kappa shape index (κ2) is 5.61. The van der Waals surface area contributed by atoms with Gasteiger partial charge in [-0.2, -0.15) is 0 Å². The molecule has 0 unspecified atom stereocenters. The van der Waals surface area contributed by atoms with Gasteiger partial charge in [-0.3, -0.25) is 0 Å². The molecule has 0 spiro atoms. The number of anilines is 1. The van der Waals surface area contributed by atoms with Crippen molar-refractivity contribution >= 4 is 27.4 Å². The molecule has 2 aromatic heterocycles. The van der Waals surface area contributed by atoms with Gasteiger partial charge in [-0.15, -0.1) is 0 Å². The van der Waals surface area contributed by atoms with E-state index in [0.717, 1.165) is 23.3 Å². The molecule has 1 aliphatic carbocycles. The molecule has 0 radical (unpaired) electrons. The molecule has 1 saturated carbocycles. The lowest BCUT2D eigenvalue weighted by Crippen LogP contribution is -2.56. The molecule has 114 valence electrons.